The van der Waals surface area contributed by atoms with Crippen LogP contribution in [-0.2, 0) is 7.05 Å². The minimum Gasteiger partial charge on any atom is -0.348 e. The van der Waals surface area contributed by atoms with Crippen molar-refractivity contribution in [1.82, 2.24) is 9.47 Å². The first kappa shape index (κ1) is 13.5. The Morgan fingerprint density at radius 3 is 2.76 bits per heavy atom. The summed E-state index contributed by atoms with van der Waals surface area (Å²) in [5.41, 5.74) is 0.715. The van der Waals surface area contributed by atoms with Crippen LogP contribution in [0.3, 0.4) is 0 Å². The number of hydrogen-bond acceptors (Lipinski definition) is 3. The van der Waals surface area contributed by atoms with Gasteiger partial charge >= 0.3 is 0 Å². The molecule has 1 heterocycles. The van der Waals surface area contributed by atoms with Gasteiger partial charge in [-0.2, -0.15) is 5.26 Å². The fraction of sp³-hybridized carbons (Fsp3) is 0.538. The zero-order chi connectivity index (χ0) is 12.8. The monoisotopic (exact) mass is 233 g/mol. The highest BCUT2D eigenvalue weighted by atomic mass is 16.1. The molecule has 0 aromatic carbocycles. The molecule has 0 aliphatic heterocycles. The van der Waals surface area contributed by atoms with Gasteiger partial charge < -0.3 is 4.57 Å². The van der Waals surface area contributed by atoms with Crippen LogP contribution in [-0.4, -0.2) is 34.4 Å². The van der Waals surface area contributed by atoms with Crippen molar-refractivity contribution in [3.8, 4) is 6.07 Å². The minimum absolute atomic E-state index is 0.101. The maximum Gasteiger partial charge on any atom is 0.193 e. The number of carbonyl (C=O) groups is 1. The molecule has 0 spiro atoms. The third-order valence-corrected chi connectivity index (χ3v) is 2.82. The van der Waals surface area contributed by atoms with Gasteiger partial charge in [0.05, 0.1) is 18.3 Å². The molecular formula is C13H19N3O. The molecule has 0 aliphatic carbocycles. The zero-order valence-electron chi connectivity index (χ0n) is 10.7. The average Bonchev–Trinajstić information content (AvgIpc) is 2.70. The Hall–Kier alpha value is -1.60. The summed E-state index contributed by atoms with van der Waals surface area (Å²) in [6.45, 7) is 5.09. The van der Waals surface area contributed by atoms with E-state index >= 15 is 0 Å². The van der Waals surface area contributed by atoms with E-state index in [1.54, 1.807) is 0 Å². The van der Waals surface area contributed by atoms with Crippen LogP contribution in [0.2, 0.25) is 0 Å². The molecule has 0 saturated carbocycles. The second kappa shape index (κ2) is 6.21. The first-order valence-electron chi connectivity index (χ1n) is 5.81. The van der Waals surface area contributed by atoms with Gasteiger partial charge in [-0.1, -0.05) is 0 Å². The second-order valence-electron chi connectivity index (χ2n) is 4.40. The van der Waals surface area contributed by atoms with E-state index in [0.29, 0.717) is 25.2 Å². The SMILES string of the molecule is CC(C)N(CCC#N)CC(=O)c1cccn1C. The van der Waals surface area contributed by atoms with E-state index < -0.39 is 0 Å². The Labute approximate surface area is 102 Å². The van der Waals surface area contributed by atoms with E-state index in [9.17, 15) is 4.79 Å². The molecule has 0 N–H and O–H groups in total. The van der Waals surface area contributed by atoms with Crippen LogP contribution >= 0.6 is 0 Å². The number of aryl methyl sites for hydroxylation is 1. The summed E-state index contributed by atoms with van der Waals surface area (Å²) in [4.78, 5) is 14.1. The highest BCUT2D eigenvalue weighted by Gasteiger charge is 2.16. The summed E-state index contributed by atoms with van der Waals surface area (Å²) in [5.74, 6) is 0.101. The van der Waals surface area contributed by atoms with Gasteiger partial charge in [0.25, 0.3) is 0 Å². The number of rotatable bonds is 6. The van der Waals surface area contributed by atoms with Gasteiger partial charge in [0.1, 0.15) is 0 Å². The van der Waals surface area contributed by atoms with Crippen molar-refractivity contribution >= 4 is 5.78 Å². The van der Waals surface area contributed by atoms with Crippen LogP contribution in [0.25, 0.3) is 0 Å². The fourth-order valence-electron chi connectivity index (χ4n) is 1.73. The highest BCUT2D eigenvalue weighted by Crippen LogP contribution is 2.06. The summed E-state index contributed by atoms with van der Waals surface area (Å²) >= 11 is 0. The molecule has 0 radical (unpaired) electrons. The molecule has 4 heteroatoms. The molecule has 0 atom stereocenters. The number of nitriles is 1. The molecule has 0 bridgehead atoms. The first-order valence-corrected chi connectivity index (χ1v) is 5.81. The third kappa shape index (κ3) is 3.72. The molecule has 92 valence electrons. The van der Waals surface area contributed by atoms with E-state index in [1.165, 1.54) is 0 Å². The Bertz CT molecular complexity index is 415. The lowest BCUT2D eigenvalue weighted by Gasteiger charge is -2.24. The largest absolute Gasteiger partial charge is 0.348 e. The molecule has 4 nitrogen and oxygen atoms in total. The smallest absolute Gasteiger partial charge is 0.193 e. The number of carbonyl (C=O) groups excluding carboxylic acids is 1. The molecular weight excluding hydrogens is 214 g/mol. The molecule has 1 aromatic rings. The third-order valence-electron chi connectivity index (χ3n) is 2.82. The van der Waals surface area contributed by atoms with Gasteiger partial charge in [-0.3, -0.25) is 9.69 Å². The van der Waals surface area contributed by atoms with Gasteiger partial charge in [0.15, 0.2) is 5.78 Å². The number of aromatic nitrogens is 1. The fourth-order valence-corrected chi connectivity index (χ4v) is 1.73. The van der Waals surface area contributed by atoms with Crippen molar-refractivity contribution in [3.63, 3.8) is 0 Å². The van der Waals surface area contributed by atoms with E-state index in [1.807, 2.05) is 48.7 Å². The summed E-state index contributed by atoms with van der Waals surface area (Å²) in [7, 11) is 1.86. The number of nitrogens with zero attached hydrogens (tertiary/aromatic N) is 3. The molecule has 0 saturated heterocycles. The van der Waals surface area contributed by atoms with E-state index in [4.69, 9.17) is 5.26 Å². The summed E-state index contributed by atoms with van der Waals surface area (Å²) < 4.78 is 1.82. The van der Waals surface area contributed by atoms with Crippen LogP contribution in [0, 0.1) is 11.3 Å². The average molecular weight is 233 g/mol. The molecule has 17 heavy (non-hydrogen) atoms. The van der Waals surface area contributed by atoms with Gasteiger partial charge in [-0.25, -0.2) is 0 Å². The Morgan fingerprint density at radius 2 is 2.29 bits per heavy atom. The topological polar surface area (TPSA) is 49.0 Å². The van der Waals surface area contributed by atoms with Gasteiger partial charge in [-0.15, -0.1) is 0 Å². The van der Waals surface area contributed by atoms with Gasteiger partial charge in [0.2, 0.25) is 0 Å². The number of hydrogen-bond donors (Lipinski definition) is 0. The molecule has 0 aliphatic rings. The maximum atomic E-state index is 12.1. The van der Waals surface area contributed by atoms with Crippen molar-refractivity contribution in [2.24, 2.45) is 7.05 Å². The molecule has 0 fully saturated rings. The van der Waals surface area contributed by atoms with E-state index in [-0.39, 0.29) is 11.8 Å². The van der Waals surface area contributed by atoms with Crippen molar-refractivity contribution in [1.29, 1.82) is 5.26 Å². The molecule has 0 amide bonds. The van der Waals surface area contributed by atoms with Crippen molar-refractivity contribution in [2.75, 3.05) is 13.1 Å². The number of ketones is 1. The quantitative estimate of drug-likeness (QED) is 0.704. The predicted molar refractivity (Wildman–Crippen MR) is 66.7 cm³/mol. The number of Topliss-reactive ketones (excluding diaryl/α,β-unsaturated/α-hetero) is 1. The van der Waals surface area contributed by atoms with Gasteiger partial charge in [0, 0.05) is 32.3 Å². The normalized spacial score (nSPS) is 10.8. The van der Waals surface area contributed by atoms with Crippen LogP contribution in [0.5, 0.6) is 0 Å². The lowest BCUT2D eigenvalue weighted by Crippen LogP contribution is -2.36. The molecule has 0 unspecified atom stereocenters. The van der Waals surface area contributed by atoms with E-state index in [0.717, 1.165) is 0 Å². The first-order chi connectivity index (χ1) is 8.06. The van der Waals surface area contributed by atoms with E-state index in [2.05, 4.69) is 6.07 Å². The second-order valence-corrected chi connectivity index (χ2v) is 4.40. The highest BCUT2D eigenvalue weighted by molar-refractivity contribution is 5.96. The van der Waals surface area contributed by atoms with Crippen molar-refractivity contribution in [2.45, 2.75) is 26.3 Å². The molecule has 1 rings (SSSR count). The van der Waals surface area contributed by atoms with Crippen LogP contribution < -0.4 is 0 Å². The Morgan fingerprint density at radius 1 is 1.59 bits per heavy atom. The van der Waals surface area contributed by atoms with Gasteiger partial charge in [-0.05, 0) is 26.0 Å². The predicted octanol–water partition coefficient (Wildman–Crippen LogP) is 1.83. The zero-order valence-corrected chi connectivity index (χ0v) is 10.7. The van der Waals surface area contributed by atoms with Crippen LogP contribution in [0.1, 0.15) is 30.8 Å². The van der Waals surface area contributed by atoms with Crippen molar-refractivity contribution < 1.29 is 4.79 Å². The maximum absolute atomic E-state index is 12.1. The molecule has 1 aromatic heterocycles. The summed E-state index contributed by atoms with van der Waals surface area (Å²) in [6.07, 6.45) is 2.32. The lowest BCUT2D eigenvalue weighted by molar-refractivity contribution is 0.0900. The van der Waals surface area contributed by atoms with Crippen molar-refractivity contribution in [3.05, 3.63) is 24.0 Å². The Balaban J connectivity index is 2.65. The standard InChI is InChI=1S/C13H19N3O/c1-11(2)16(9-5-7-14)10-13(17)12-6-4-8-15(12)3/h4,6,8,11H,5,9-10H2,1-3H3. The lowest BCUT2D eigenvalue weighted by atomic mass is 10.2. The summed E-state index contributed by atoms with van der Waals surface area (Å²) in [5, 5.41) is 8.59. The summed E-state index contributed by atoms with van der Waals surface area (Å²) in [6, 6.07) is 6.07. The van der Waals surface area contributed by atoms with Crippen LogP contribution in [0.4, 0.5) is 0 Å². The van der Waals surface area contributed by atoms with Crippen LogP contribution in [0.15, 0.2) is 18.3 Å². The Kier molecular flexibility index (Phi) is 4.92. The minimum atomic E-state index is 0.101.